The van der Waals surface area contributed by atoms with Crippen molar-refractivity contribution in [3.05, 3.63) is 0 Å². The minimum absolute atomic E-state index is 0.190. The first-order valence-corrected chi connectivity index (χ1v) is 7.36. The summed E-state index contributed by atoms with van der Waals surface area (Å²) < 4.78 is 0. The van der Waals surface area contributed by atoms with Gasteiger partial charge in [-0.15, -0.1) is 0 Å². The first kappa shape index (κ1) is 15.4. The van der Waals surface area contributed by atoms with Crippen LogP contribution in [0.1, 0.15) is 45.4 Å². The number of carbonyl (C=O) groups excluding carboxylic acids is 1. The molecule has 1 heterocycles. The summed E-state index contributed by atoms with van der Waals surface area (Å²) in [5.74, 6) is 0.795. The third-order valence-electron chi connectivity index (χ3n) is 3.55. The van der Waals surface area contributed by atoms with E-state index in [-0.39, 0.29) is 5.91 Å². The van der Waals surface area contributed by atoms with Crippen LogP contribution in [0.2, 0.25) is 0 Å². The second-order valence-electron chi connectivity index (χ2n) is 5.29. The number of unbranched alkanes of at least 4 members (excludes halogenated alkanes) is 1. The Balaban J connectivity index is 2.16. The average Bonchev–Trinajstić information content (AvgIpc) is 2.38. The van der Waals surface area contributed by atoms with Gasteiger partial charge in [-0.25, -0.2) is 0 Å². The van der Waals surface area contributed by atoms with E-state index in [0.29, 0.717) is 18.9 Å². The van der Waals surface area contributed by atoms with Crippen LogP contribution < -0.4 is 5.32 Å². The monoisotopic (exact) mass is 256 g/mol. The number of aliphatic hydroxyl groups excluding tert-OH is 1. The van der Waals surface area contributed by atoms with Crippen molar-refractivity contribution in [3.8, 4) is 0 Å². The Labute approximate surface area is 111 Å². The maximum absolute atomic E-state index is 11.4. The molecule has 1 saturated heterocycles. The van der Waals surface area contributed by atoms with Gasteiger partial charge in [-0.2, -0.15) is 0 Å². The summed E-state index contributed by atoms with van der Waals surface area (Å²) in [6.45, 7) is 6.51. The smallest absolute Gasteiger partial charge is 0.219 e. The van der Waals surface area contributed by atoms with Gasteiger partial charge >= 0.3 is 0 Å². The topological polar surface area (TPSA) is 52.6 Å². The van der Waals surface area contributed by atoms with E-state index in [1.165, 1.54) is 19.4 Å². The molecule has 0 radical (unpaired) electrons. The van der Waals surface area contributed by atoms with Crippen molar-refractivity contribution >= 4 is 5.91 Å². The van der Waals surface area contributed by atoms with Gasteiger partial charge < -0.3 is 15.3 Å². The molecule has 0 saturated carbocycles. The molecule has 1 atom stereocenters. The lowest BCUT2D eigenvalue weighted by atomic mass is 9.97. The quantitative estimate of drug-likeness (QED) is 0.645. The van der Waals surface area contributed by atoms with Gasteiger partial charge in [0.25, 0.3) is 0 Å². The molecule has 0 spiro atoms. The maximum Gasteiger partial charge on any atom is 0.219 e. The van der Waals surface area contributed by atoms with Crippen molar-refractivity contribution < 1.29 is 9.90 Å². The fourth-order valence-corrected chi connectivity index (χ4v) is 2.54. The minimum atomic E-state index is 0.190. The number of hydrogen-bond acceptors (Lipinski definition) is 3. The van der Waals surface area contributed by atoms with Crippen LogP contribution in [0.4, 0.5) is 0 Å². The Bertz CT molecular complexity index is 234. The Morgan fingerprint density at radius 3 is 3.00 bits per heavy atom. The zero-order valence-corrected chi connectivity index (χ0v) is 11.7. The van der Waals surface area contributed by atoms with Crippen LogP contribution in [0.25, 0.3) is 0 Å². The highest BCUT2D eigenvalue weighted by Crippen LogP contribution is 2.16. The number of hydrogen-bond donors (Lipinski definition) is 2. The number of piperidine rings is 1. The molecule has 0 aromatic heterocycles. The molecule has 1 aliphatic heterocycles. The number of nitrogens with one attached hydrogen (secondary N) is 1. The minimum Gasteiger partial charge on any atom is -0.396 e. The normalized spacial score (nSPS) is 20.9. The van der Waals surface area contributed by atoms with Crippen LogP contribution in [-0.4, -0.2) is 48.7 Å². The molecule has 0 aromatic rings. The summed E-state index contributed by atoms with van der Waals surface area (Å²) >= 11 is 0. The molecule has 0 aliphatic carbocycles. The number of nitrogens with zero attached hydrogens (tertiary/aromatic N) is 1. The van der Waals surface area contributed by atoms with Gasteiger partial charge in [-0.05, 0) is 51.1 Å². The molecule has 4 nitrogen and oxygen atoms in total. The van der Waals surface area contributed by atoms with Crippen molar-refractivity contribution in [3.63, 3.8) is 0 Å². The van der Waals surface area contributed by atoms with E-state index >= 15 is 0 Å². The van der Waals surface area contributed by atoms with Gasteiger partial charge in [0, 0.05) is 26.1 Å². The molecule has 1 unspecified atom stereocenters. The Hall–Kier alpha value is -0.610. The van der Waals surface area contributed by atoms with E-state index in [1.54, 1.807) is 0 Å². The molecule has 0 aromatic carbocycles. The van der Waals surface area contributed by atoms with Crippen LogP contribution in [0.3, 0.4) is 0 Å². The highest BCUT2D eigenvalue weighted by Gasteiger charge is 2.19. The zero-order valence-electron chi connectivity index (χ0n) is 11.7. The zero-order chi connectivity index (χ0) is 13.2. The second-order valence-corrected chi connectivity index (χ2v) is 5.29. The third-order valence-corrected chi connectivity index (χ3v) is 3.55. The van der Waals surface area contributed by atoms with Crippen molar-refractivity contribution in [1.29, 1.82) is 0 Å². The summed E-state index contributed by atoms with van der Waals surface area (Å²) in [6.07, 6.45) is 5.99. The predicted octanol–water partition coefficient (Wildman–Crippen LogP) is 1.39. The van der Waals surface area contributed by atoms with Gasteiger partial charge in [-0.3, -0.25) is 4.79 Å². The van der Waals surface area contributed by atoms with Crippen LogP contribution in [0.5, 0.6) is 0 Å². The highest BCUT2D eigenvalue weighted by atomic mass is 16.2. The molecule has 1 amide bonds. The van der Waals surface area contributed by atoms with E-state index in [0.717, 1.165) is 38.9 Å². The number of rotatable bonds is 8. The molecule has 4 heteroatoms. The molecule has 1 aliphatic rings. The lowest BCUT2D eigenvalue weighted by Crippen LogP contribution is -2.41. The predicted molar refractivity (Wildman–Crippen MR) is 73.4 cm³/mol. The molecule has 1 fully saturated rings. The number of amides is 1. The van der Waals surface area contributed by atoms with E-state index in [9.17, 15) is 4.79 Å². The lowest BCUT2D eigenvalue weighted by Gasteiger charge is -2.32. The molecular formula is C14H28N2O2. The van der Waals surface area contributed by atoms with E-state index in [2.05, 4.69) is 10.2 Å². The second kappa shape index (κ2) is 9.34. The van der Waals surface area contributed by atoms with E-state index in [4.69, 9.17) is 5.11 Å². The van der Waals surface area contributed by atoms with Gasteiger partial charge in [0.2, 0.25) is 5.91 Å². The molecule has 106 valence electrons. The highest BCUT2D eigenvalue weighted by molar-refractivity contribution is 5.75. The average molecular weight is 256 g/mol. The number of carbonyl (C=O) groups is 1. The van der Waals surface area contributed by atoms with Crippen LogP contribution in [-0.2, 0) is 4.79 Å². The Morgan fingerprint density at radius 2 is 2.28 bits per heavy atom. The van der Waals surface area contributed by atoms with Gasteiger partial charge in [0.05, 0.1) is 0 Å². The first-order valence-electron chi connectivity index (χ1n) is 7.36. The summed E-state index contributed by atoms with van der Waals surface area (Å²) in [4.78, 5) is 13.9. The van der Waals surface area contributed by atoms with E-state index in [1.807, 2.05) is 6.92 Å². The summed E-state index contributed by atoms with van der Waals surface area (Å²) in [5.41, 5.74) is 0. The Morgan fingerprint density at radius 1 is 1.44 bits per heavy atom. The fourth-order valence-electron chi connectivity index (χ4n) is 2.54. The van der Waals surface area contributed by atoms with Gasteiger partial charge in [0.1, 0.15) is 0 Å². The molecule has 0 bridgehead atoms. The number of aliphatic hydroxyl groups is 1. The summed E-state index contributed by atoms with van der Waals surface area (Å²) in [5, 5.41) is 11.8. The van der Waals surface area contributed by atoms with Crippen molar-refractivity contribution in [2.75, 3.05) is 32.8 Å². The van der Waals surface area contributed by atoms with Crippen molar-refractivity contribution in [2.24, 2.45) is 5.92 Å². The lowest BCUT2D eigenvalue weighted by molar-refractivity contribution is -0.121. The SMILES string of the molecule is CCCC(=O)NCC1CCCN(CCCCO)C1. The van der Waals surface area contributed by atoms with Gasteiger partial charge in [-0.1, -0.05) is 6.92 Å². The van der Waals surface area contributed by atoms with Gasteiger partial charge in [0.15, 0.2) is 0 Å². The molecule has 18 heavy (non-hydrogen) atoms. The van der Waals surface area contributed by atoms with Crippen LogP contribution in [0, 0.1) is 5.92 Å². The molecule has 1 rings (SSSR count). The third kappa shape index (κ3) is 6.36. The maximum atomic E-state index is 11.4. The standard InChI is InChI=1S/C14H28N2O2/c1-2-6-14(18)15-11-13-7-5-9-16(12-13)8-3-4-10-17/h13,17H,2-12H2,1H3,(H,15,18). The first-order chi connectivity index (χ1) is 8.76. The fraction of sp³-hybridized carbons (Fsp3) is 0.929. The largest absolute Gasteiger partial charge is 0.396 e. The molecule has 2 N–H and O–H groups in total. The van der Waals surface area contributed by atoms with Crippen molar-refractivity contribution in [1.82, 2.24) is 10.2 Å². The summed E-state index contributed by atoms with van der Waals surface area (Å²) in [7, 11) is 0. The Kier molecular flexibility index (Phi) is 8.01. The number of likely N-dealkylation sites (tertiary alicyclic amines) is 1. The molecular weight excluding hydrogens is 228 g/mol. The van der Waals surface area contributed by atoms with E-state index < -0.39 is 0 Å². The van der Waals surface area contributed by atoms with Crippen LogP contribution >= 0.6 is 0 Å². The summed E-state index contributed by atoms with van der Waals surface area (Å²) in [6, 6.07) is 0. The van der Waals surface area contributed by atoms with Crippen LogP contribution in [0.15, 0.2) is 0 Å². The van der Waals surface area contributed by atoms with Crippen molar-refractivity contribution in [2.45, 2.75) is 45.4 Å².